The molecule has 0 unspecified atom stereocenters. The molecule has 0 bridgehead atoms. The Hall–Kier alpha value is -4.48. The third-order valence-electron chi connectivity index (χ3n) is 5.56. The zero-order chi connectivity index (χ0) is 31.6. The molecular weight excluding hydrogens is 605 g/mol. The first-order valence-electron chi connectivity index (χ1n) is 11.4. The van der Waals surface area contributed by atoms with Crippen LogP contribution in [0.4, 0.5) is 35.9 Å². The van der Waals surface area contributed by atoms with E-state index in [1.165, 1.54) is 11.3 Å². The van der Waals surface area contributed by atoms with Crippen molar-refractivity contribution in [1.82, 2.24) is 15.2 Å². The second kappa shape index (κ2) is 12.2. The summed E-state index contributed by atoms with van der Waals surface area (Å²) in [4.78, 5) is 34.2. The maximum Gasteiger partial charge on any atom is 0.490 e. The molecule has 1 aliphatic carbocycles. The molecule has 0 spiro atoms. The van der Waals surface area contributed by atoms with Gasteiger partial charge in [-0.25, -0.2) is 19.0 Å². The first-order chi connectivity index (χ1) is 19.4. The van der Waals surface area contributed by atoms with E-state index >= 15 is 0 Å². The van der Waals surface area contributed by atoms with Gasteiger partial charge in [-0.3, -0.25) is 9.89 Å². The zero-order valence-electron chi connectivity index (χ0n) is 21.2. The number of fused-ring (bicyclic) bond motifs is 2. The van der Waals surface area contributed by atoms with E-state index < -0.39 is 36.4 Å². The van der Waals surface area contributed by atoms with Gasteiger partial charge in [0.1, 0.15) is 17.4 Å². The normalized spacial score (nSPS) is 16.1. The Morgan fingerprint density at radius 1 is 1.07 bits per heavy atom. The summed E-state index contributed by atoms with van der Waals surface area (Å²) in [5, 5.41) is 25.6. The van der Waals surface area contributed by atoms with Crippen molar-refractivity contribution in [3.05, 3.63) is 36.0 Å². The number of nitrogens with zero attached hydrogens (tertiary/aromatic N) is 2. The number of amides is 1. The molecule has 1 saturated carbocycles. The molecule has 2 atom stereocenters. The van der Waals surface area contributed by atoms with E-state index in [4.69, 9.17) is 24.5 Å². The lowest BCUT2D eigenvalue weighted by atomic mass is 9.96. The number of aliphatic carboxylic acids is 2. The lowest BCUT2D eigenvalue weighted by molar-refractivity contribution is -0.193. The topological polar surface area (TPSA) is 154 Å². The maximum absolute atomic E-state index is 13.1. The van der Waals surface area contributed by atoms with Crippen LogP contribution in [0.1, 0.15) is 12.0 Å². The van der Waals surface area contributed by atoms with E-state index in [0.29, 0.717) is 11.6 Å². The molecular formula is C24H19F7N4O6S. The van der Waals surface area contributed by atoms with Crippen molar-refractivity contribution in [1.29, 1.82) is 0 Å². The number of halogens is 7. The molecule has 10 nitrogen and oxygen atoms in total. The van der Waals surface area contributed by atoms with E-state index in [-0.39, 0.29) is 5.91 Å². The first kappa shape index (κ1) is 32.0. The van der Waals surface area contributed by atoms with Gasteiger partial charge in [0.15, 0.2) is 5.13 Å². The first-order valence-corrected chi connectivity index (χ1v) is 12.2. The van der Waals surface area contributed by atoms with E-state index in [0.717, 1.165) is 43.6 Å². The summed E-state index contributed by atoms with van der Waals surface area (Å²) in [5.74, 6) is -5.58. The van der Waals surface area contributed by atoms with Crippen LogP contribution in [0.3, 0.4) is 0 Å². The SMILES string of the molecule is COc1cc(C)c(-c2ccc3nc(NC(=O)[C@@H]4C[C@@H]4F)sc3c2)c2cn[nH]c12.O=C(O)C(F)(F)F.O=C(O)C(F)(F)F. The Morgan fingerprint density at radius 2 is 1.64 bits per heavy atom. The molecule has 4 N–H and O–H groups in total. The maximum atomic E-state index is 13.1. The molecule has 1 aliphatic rings. The second-order valence-electron chi connectivity index (χ2n) is 8.58. The number of carboxylic acids is 2. The number of ether oxygens (including phenoxy) is 1. The van der Waals surface area contributed by atoms with E-state index in [1.807, 2.05) is 25.1 Å². The molecule has 2 aromatic carbocycles. The standard InChI is InChI=1S/C20H17FN4O2S.2C2HF3O2/c1-9-5-15(27-2)18-12(8-22-25-18)17(9)10-3-4-14-16(6-10)28-20(23-14)24-19(26)11-7-13(11)21;2*3-2(4,5)1(6)7/h3-6,8,11,13H,7H2,1-2H3,(H,22,25)(H,23,24,26);2*(H,6,7)/t11-,13+;;/m1../s1. The van der Waals surface area contributed by atoms with Crippen LogP contribution in [0.25, 0.3) is 32.2 Å². The van der Waals surface area contributed by atoms with Gasteiger partial charge >= 0.3 is 24.3 Å². The highest BCUT2D eigenvalue weighted by Gasteiger charge is 2.44. The van der Waals surface area contributed by atoms with Gasteiger partial charge in [0.25, 0.3) is 0 Å². The number of carbonyl (C=O) groups excluding carboxylic acids is 1. The number of thiazole rings is 1. The number of hydrogen-bond acceptors (Lipinski definition) is 7. The van der Waals surface area contributed by atoms with Crippen molar-refractivity contribution in [3.63, 3.8) is 0 Å². The Labute approximate surface area is 234 Å². The van der Waals surface area contributed by atoms with Crippen LogP contribution < -0.4 is 10.1 Å². The van der Waals surface area contributed by atoms with Crippen molar-refractivity contribution in [2.75, 3.05) is 12.4 Å². The van der Waals surface area contributed by atoms with Gasteiger partial charge in [-0.15, -0.1) is 0 Å². The fourth-order valence-electron chi connectivity index (χ4n) is 3.53. The van der Waals surface area contributed by atoms with Gasteiger partial charge < -0.3 is 20.3 Å². The number of methoxy groups -OCH3 is 1. The summed E-state index contributed by atoms with van der Waals surface area (Å²) < 4.78 is 82.9. The number of aromatic nitrogens is 3. The number of rotatable bonds is 4. The van der Waals surface area contributed by atoms with E-state index in [1.54, 1.807) is 13.3 Å². The predicted molar refractivity (Wildman–Crippen MR) is 135 cm³/mol. The minimum atomic E-state index is -5.08. The van der Waals surface area contributed by atoms with Crippen LogP contribution in [-0.2, 0) is 14.4 Å². The van der Waals surface area contributed by atoms with Crippen LogP contribution in [0.2, 0.25) is 0 Å². The number of carbonyl (C=O) groups is 3. The number of carboxylic acid groups (broad SMARTS) is 2. The fourth-order valence-corrected chi connectivity index (χ4v) is 4.44. The van der Waals surface area contributed by atoms with Gasteiger partial charge in [-0.05, 0) is 48.2 Å². The largest absolute Gasteiger partial charge is 0.494 e. The third-order valence-corrected chi connectivity index (χ3v) is 6.49. The average Bonchev–Trinajstić information content (AvgIpc) is 3.23. The highest BCUT2D eigenvalue weighted by atomic mass is 32.1. The quantitative estimate of drug-likeness (QED) is 0.210. The Bertz CT molecular complexity index is 1610. The summed E-state index contributed by atoms with van der Waals surface area (Å²) >= 11 is 1.39. The molecule has 2 aromatic heterocycles. The van der Waals surface area contributed by atoms with Crippen LogP contribution in [-0.4, -0.2) is 68.9 Å². The van der Waals surface area contributed by atoms with Crippen molar-refractivity contribution in [3.8, 4) is 16.9 Å². The smallest absolute Gasteiger partial charge is 0.490 e. The third kappa shape index (κ3) is 7.62. The van der Waals surface area contributed by atoms with E-state index in [9.17, 15) is 35.5 Å². The van der Waals surface area contributed by atoms with Gasteiger partial charge in [0.2, 0.25) is 5.91 Å². The molecule has 1 fully saturated rings. The van der Waals surface area contributed by atoms with E-state index in [2.05, 4.69) is 26.6 Å². The number of benzene rings is 2. The molecule has 42 heavy (non-hydrogen) atoms. The molecule has 226 valence electrons. The van der Waals surface area contributed by atoms with Crippen LogP contribution in [0, 0.1) is 12.8 Å². The van der Waals surface area contributed by atoms with Gasteiger partial charge in [0.05, 0.1) is 29.4 Å². The summed E-state index contributed by atoms with van der Waals surface area (Å²) in [6.07, 6.45) is -9.08. The number of H-pyrrole nitrogens is 1. The lowest BCUT2D eigenvalue weighted by Crippen LogP contribution is -2.21. The molecule has 4 aromatic rings. The zero-order valence-corrected chi connectivity index (χ0v) is 22.0. The Morgan fingerprint density at radius 3 is 2.14 bits per heavy atom. The Kier molecular flexibility index (Phi) is 9.29. The van der Waals surface area contributed by atoms with Gasteiger partial charge in [0, 0.05) is 5.39 Å². The summed E-state index contributed by atoms with van der Waals surface area (Å²) in [6, 6.07) is 7.98. The molecule has 18 heteroatoms. The Balaban J connectivity index is 0.000000289. The second-order valence-corrected chi connectivity index (χ2v) is 9.61. The highest BCUT2D eigenvalue weighted by Crippen LogP contribution is 2.39. The van der Waals surface area contributed by atoms with Crippen LogP contribution in [0.15, 0.2) is 30.5 Å². The molecule has 0 radical (unpaired) electrons. The molecule has 5 rings (SSSR count). The number of nitrogens with one attached hydrogen (secondary N) is 2. The van der Waals surface area contributed by atoms with Crippen LogP contribution in [0.5, 0.6) is 5.75 Å². The number of anilines is 1. The van der Waals surface area contributed by atoms with Crippen molar-refractivity contribution in [2.45, 2.75) is 31.9 Å². The van der Waals surface area contributed by atoms with Crippen molar-refractivity contribution < 1.29 is 60.1 Å². The van der Waals surface area contributed by atoms with Gasteiger partial charge in [-0.1, -0.05) is 17.4 Å². The summed E-state index contributed by atoms with van der Waals surface area (Å²) in [5.41, 5.74) is 4.83. The van der Waals surface area contributed by atoms with Gasteiger partial charge in [-0.2, -0.15) is 31.4 Å². The molecule has 1 amide bonds. The molecule has 0 saturated heterocycles. The number of aromatic amines is 1. The highest BCUT2D eigenvalue weighted by molar-refractivity contribution is 7.22. The van der Waals surface area contributed by atoms with Crippen molar-refractivity contribution >= 4 is 55.4 Å². The number of aryl methyl sites for hydroxylation is 1. The lowest BCUT2D eigenvalue weighted by Gasteiger charge is -2.11. The van der Waals surface area contributed by atoms with Crippen molar-refractivity contribution in [2.24, 2.45) is 5.92 Å². The summed E-state index contributed by atoms with van der Waals surface area (Å²) in [6.45, 7) is 2.04. The van der Waals surface area contributed by atoms with Crippen LogP contribution >= 0.6 is 11.3 Å². The number of hydrogen-bond donors (Lipinski definition) is 4. The monoisotopic (exact) mass is 624 g/mol. The average molecular weight is 624 g/mol. The molecule has 2 heterocycles. The molecule has 0 aliphatic heterocycles. The minimum Gasteiger partial charge on any atom is -0.494 e. The number of alkyl halides is 7. The fraction of sp³-hybridized carbons (Fsp3) is 0.292. The minimum absolute atomic E-state index is 0.294. The summed E-state index contributed by atoms with van der Waals surface area (Å²) in [7, 11) is 1.64. The predicted octanol–water partition coefficient (Wildman–Crippen LogP) is 5.72.